The maximum Gasteiger partial charge on any atom is 0.0709 e. The maximum absolute atomic E-state index is 10.4. The van der Waals surface area contributed by atoms with Crippen molar-refractivity contribution in [3.8, 4) is 0 Å². The van der Waals surface area contributed by atoms with Gasteiger partial charge in [-0.2, -0.15) is 5.10 Å². The first kappa shape index (κ1) is 13.6. The van der Waals surface area contributed by atoms with E-state index < -0.39 is 5.60 Å². The molecule has 0 spiro atoms. The molecule has 2 rings (SSSR count). The van der Waals surface area contributed by atoms with Gasteiger partial charge in [-0.3, -0.25) is 4.68 Å². The third kappa shape index (κ3) is 2.77. The Morgan fingerprint density at radius 1 is 1.44 bits per heavy atom. The molecule has 0 radical (unpaired) electrons. The SMILES string of the molecule is CCC(C)n1ccc(CC2(O)CC(C(C)C)C2)n1. The summed E-state index contributed by atoms with van der Waals surface area (Å²) in [5, 5.41) is 15.0. The van der Waals surface area contributed by atoms with E-state index in [-0.39, 0.29) is 0 Å². The Morgan fingerprint density at radius 3 is 2.67 bits per heavy atom. The molecule has 1 fully saturated rings. The Hall–Kier alpha value is -0.830. The monoisotopic (exact) mass is 250 g/mol. The third-order valence-corrected chi connectivity index (χ3v) is 4.44. The maximum atomic E-state index is 10.4. The van der Waals surface area contributed by atoms with Crippen LogP contribution in [0, 0.1) is 11.8 Å². The molecule has 1 aromatic heterocycles. The lowest BCUT2D eigenvalue weighted by Crippen LogP contribution is -2.47. The summed E-state index contributed by atoms with van der Waals surface area (Å²) >= 11 is 0. The summed E-state index contributed by atoms with van der Waals surface area (Å²) in [6.45, 7) is 8.81. The van der Waals surface area contributed by atoms with Crippen molar-refractivity contribution in [2.24, 2.45) is 11.8 Å². The molecule has 1 aliphatic rings. The van der Waals surface area contributed by atoms with Gasteiger partial charge in [0.05, 0.1) is 11.3 Å². The van der Waals surface area contributed by atoms with Crippen LogP contribution in [0.1, 0.15) is 58.7 Å². The number of hydrogen-bond donors (Lipinski definition) is 1. The predicted molar refractivity (Wildman–Crippen MR) is 73.4 cm³/mol. The normalized spacial score (nSPS) is 29.3. The lowest BCUT2D eigenvalue weighted by molar-refractivity contribution is -0.0866. The molecule has 0 saturated heterocycles. The molecule has 0 bridgehead atoms. The van der Waals surface area contributed by atoms with Crippen LogP contribution in [0.3, 0.4) is 0 Å². The van der Waals surface area contributed by atoms with E-state index in [1.54, 1.807) is 0 Å². The summed E-state index contributed by atoms with van der Waals surface area (Å²) in [4.78, 5) is 0. The van der Waals surface area contributed by atoms with E-state index in [9.17, 15) is 5.11 Å². The van der Waals surface area contributed by atoms with Gasteiger partial charge in [0.2, 0.25) is 0 Å². The molecule has 3 heteroatoms. The van der Waals surface area contributed by atoms with Gasteiger partial charge in [-0.15, -0.1) is 0 Å². The molecule has 3 nitrogen and oxygen atoms in total. The van der Waals surface area contributed by atoms with Crippen molar-refractivity contribution in [3.05, 3.63) is 18.0 Å². The highest BCUT2D eigenvalue weighted by Gasteiger charge is 2.43. The fourth-order valence-corrected chi connectivity index (χ4v) is 2.77. The summed E-state index contributed by atoms with van der Waals surface area (Å²) in [6.07, 6.45) is 5.69. The molecule has 1 atom stereocenters. The van der Waals surface area contributed by atoms with Crippen LogP contribution in [0.25, 0.3) is 0 Å². The van der Waals surface area contributed by atoms with Gasteiger partial charge in [-0.05, 0) is 44.1 Å². The fraction of sp³-hybridized carbons (Fsp3) is 0.800. The first-order chi connectivity index (χ1) is 8.43. The Labute approximate surface area is 110 Å². The van der Waals surface area contributed by atoms with Crippen molar-refractivity contribution in [1.29, 1.82) is 0 Å². The molecule has 1 saturated carbocycles. The number of nitrogens with zero attached hydrogens (tertiary/aromatic N) is 2. The lowest BCUT2D eigenvalue weighted by atomic mass is 9.64. The molecule has 0 aromatic carbocycles. The van der Waals surface area contributed by atoms with Gasteiger partial charge in [-0.1, -0.05) is 20.8 Å². The van der Waals surface area contributed by atoms with Gasteiger partial charge in [-0.25, -0.2) is 0 Å². The van der Waals surface area contributed by atoms with Crippen LogP contribution in [0.5, 0.6) is 0 Å². The molecular weight excluding hydrogens is 224 g/mol. The molecular formula is C15H26N2O. The molecule has 18 heavy (non-hydrogen) atoms. The van der Waals surface area contributed by atoms with E-state index in [2.05, 4.69) is 32.8 Å². The highest BCUT2D eigenvalue weighted by Crippen LogP contribution is 2.43. The van der Waals surface area contributed by atoms with Crippen LogP contribution in [0.15, 0.2) is 12.3 Å². The van der Waals surface area contributed by atoms with Crippen LogP contribution < -0.4 is 0 Å². The zero-order valence-electron chi connectivity index (χ0n) is 12.1. The number of rotatable bonds is 5. The lowest BCUT2D eigenvalue weighted by Gasteiger charge is -2.45. The van der Waals surface area contributed by atoms with Gasteiger partial charge in [0.25, 0.3) is 0 Å². The van der Waals surface area contributed by atoms with Gasteiger partial charge >= 0.3 is 0 Å². The van der Waals surface area contributed by atoms with Crippen LogP contribution in [0.2, 0.25) is 0 Å². The second kappa shape index (κ2) is 5.04. The van der Waals surface area contributed by atoms with E-state index >= 15 is 0 Å². The van der Waals surface area contributed by atoms with Crippen molar-refractivity contribution < 1.29 is 5.11 Å². The molecule has 1 unspecified atom stereocenters. The topological polar surface area (TPSA) is 38.0 Å². The van der Waals surface area contributed by atoms with Crippen LogP contribution in [0.4, 0.5) is 0 Å². The molecule has 1 heterocycles. The van der Waals surface area contributed by atoms with Crippen molar-refractivity contribution >= 4 is 0 Å². The number of hydrogen-bond acceptors (Lipinski definition) is 2. The second-order valence-electron chi connectivity index (χ2n) is 6.36. The predicted octanol–water partition coefficient (Wildman–Crippen LogP) is 3.19. The first-order valence-corrected chi connectivity index (χ1v) is 7.20. The van der Waals surface area contributed by atoms with Crippen LogP contribution in [-0.4, -0.2) is 20.5 Å². The summed E-state index contributed by atoms with van der Waals surface area (Å²) in [5.41, 5.74) is 0.531. The summed E-state index contributed by atoms with van der Waals surface area (Å²) in [7, 11) is 0. The summed E-state index contributed by atoms with van der Waals surface area (Å²) in [5.74, 6) is 1.37. The first-order valence-electron chi connectivity index (χ1n) is 7.20. The highest BCUT2D eigenvalue weighted by atomic mass is 16.3. The second-order valence-corrected chi connectivity index (χ2v) is 6.36. The Kier molecular flexibility index (Phi) is 3.81. The van der Waals surface area contributed by atoms with E-state index in [4.69, 9.17) is 0 Å². The standard InChI is InChI=1S/C15H26N2O/c1-5-12(4)17-7-6-14(16-17)10-15(18)8-13(9-15)11(2)3/h6-7,11-13,18H,5,8-10H2,1-4H3. The van der Waals surface area contributed by atoms with E-state index in [1.807, 2.05) is 16.9 Å². The summed E-state index contributed by atoms with van der Waals surface area (Å²) < 4.78 is 2.01. The molecule has 1 aromatic rings. The summed E-state index contributed by atoms with van der Waals surface area (Å²) in [6, 6.07) is 2.49. The fourth-order valence-electron chi connectivity index (χ4n) is 2.77. The van der Waals surface area contributed by atoms with Crippen LogP contribution in [-0.2, 0) is 6.42 Å². The largest absolute Gasteiger partial charge is 0.389 e. The zero-order valence-corrected chi connectivity index (χ0v) is 12.1. The Bertz CT molecular complexity index is 391. The smallest absolute Gasteiger partial charge is 0.0709 e. The minimum Gasteiger partial charge on any atom is -0.389 e. The molecule has 1 N–H and O–H groups in total. The highest BCUT2D eigenvalue weighted by molar-refractivity contribution is 5.08. The van der Waals surface area contributed by atoms with E-state index in [1.165, 1.54) is 0 Å². The quantitative estimate of drug-likeness (QED) is 0.871. The van der Waals surface area contributed by atoms with Crippen molar-refractivity contribution in [1.82, 2.24) is 9.78 Å². The minimum atomic E-state index is -0.496. The van der Waals surface area contributed by atoms with E-state index in [0.717, 1.165) is 25.0 Å². The molecule has 0 amide bonds. The Morgan fingerprint density at radius 2 is 2.11 bits per heavy atom. The van der Waals surface area contributed by atoms with Gasteiger partial charge in [0, 0.05) is 18.7 Å². The van der Waals surface area contributed by atoms with E-state index in [0.29, 0.717) is 24.3 Å². The van der Waals surface area contributed by atoms with Gasteiger partial charge in [0.1, 0.15) is 0 Å². The zero-order chi connectivity index (χ0) is 13.3. The number of aromatic nitrogens is 2. The minimum absolute atomic E-state index is 0.443. The van der Waals surface area contributed by atoms with Crippen molar-refractivity contribution in [2.45, 2.75) is 65.0 Å². The molecule has 0 aliphatic heterocycles. The van der Waals surface area contributed by atoms with Crippen molar-refractivity contribution in [3.63, 3.8) is 0 Å². The molecule has 1 aliphatic carbocycles. The molecule has 102 valence electrons. The third-order valence-electron chi connectivity index (χ3n) is 4.44. The average molecular weight is 250 g/mol. The van der Waals surface area contributed by atoms with Crippen LogP contribution >= 0.6 is 0 Å². The Balaban J connectivity index is 1.93. The van der Waals surface area contributed by atoms with Gasteiger partial charge < -0.3 is 5.11 Å². The average Bonchev–Trinajstić information content (AvgIpc) is 2.72. The van der Waals surface area contributed by atoms with Gasteiger partial charge in [0.15, 0.2) is 0 Å². The van der Waals surface area contributed by atoms with Crippen molar-refractivity contribution in [2.75, 3.05) is 0 Å². The number of aliphatic hydroxyl groups is 1.